The summed E-state index contributed by atoms with van der Waals surface area (Å²) in [4.78, 5) is 10.4. The maximum Gasteiger partial charge on any atom is 0.312 e. The third-order valence-corrected chi connectivity index (χ3v) is 3.21. The van der Waals surface area contributed by atoms with Gasteiger partial charge in [0.25, 0.3) is 0 Å². The molecule has 0 heterocycles. The molecule has 7 heteroatoms. The van der Waals surface area contributed by atoms with Gasteiger partial charge in [-0.1, -0.05) is 22.0 Å². The zero-order valence-corrected chi connectivity index (χ0v) is 12.7. The molecule has 0 aliphatic heterocycles. The molecule has 0 unspecified atom stereocenters. The number of nitro groups is 1. The number of nitrogens with zero attached hydrogens (tertiary/aromatic N) is 1. The van der Waals surface area contributed by atoms with Crippen molar-refractivity contribution in [1.29, 1.82) is 0 Å². The van der Waals surface area contributed by atoms with Gasteiger partial charge < -0.3 is 10.1 Å². The fourth-order valence-electron chi connectivity index (χ4n) is 1.78. The van der Waals surface area contributed by atoms with Crippen LogP contribution in [-0.4, -0.2) is 12.0 Å². The minimum absolute atomic E-state index is 0.0107. The van der Waals surface area contributed by atoms with Gasteiger partial charge in [0.1, 0.15) is 0 Å². The minimum atomic E-state index is -0.576. The number of hydrogen-bond donors (Lipinski definition) is 1. The number of hydrogen-bond acceptors (Lipinski definition) is 4. The van der Waals surface area contributed by atoms with Crippen molar-refractivity contribution in [2.45, 2.75) is 6.54 Å². The lowest BCUT2D eigenvalue weighted by Crippen LogP contribution is -2.05. The molecule has 0 fully saturated rings. The van der Waals surface area contributed by atoms with E-state index in [0.717, 1.165) is 5.56 Å². The minimum Gasteiger partial charge on any atom is -0.447 e. The molecule has 1 N–H and O–H groups in total. The van der Waals surface area contributed by atoms with Crippen molar-refractivity contribution >= 4 is 21.6 Å². The second kappa shape index (κ2) is 6.64. The van der Waals surface area contributed by atoms with E-state index in [-0.39, 0.29) is 17.2 Å². The summed E-state index contributed by atoms with van der Waals surface area (Å²) in [6, 6.07) is 8.80. The summed E-state index contributed by atoms with van der Waals surface area (Å²) >= 11 is 3.15. The Hall–Kier alpha value is -1.99. The third kappa shape index (κ3) is 3.77. The normalized spacial score (nSPS) is 10.4. The zero-order chi connectivity index (χ0) is 15.4. The summed E-state index contributed by atoms with van der Waals surface area (Å²) in [5.74, 6) is -0.635. The van der Waals surface area contributed by atoms with Crippen molar-refractivity contribution in [2.75, 3.05) is 7.05 Å². The van der Waals surface area contributed by atoms with Gasteiger partial charge in [0, 0.05) is 17.1 Å². The van der Waals surface area contributed by atoms with E-state index in [0.29, 0.717) is 11.0 Å². The molecule has 0 aliphatic carbocycles. The Morgan fingerprint density at radius 3 is 2.62 bits per heavy atom. The average Bonchev–Trinajstić information content (AvgIpc) is 2.43. The number of nitro benzene ring substituents is 1. The van der Waals surface area contributed by atoms with Gasteiger partial charge in [-0.25, -0.2) is 4.39 Å². The van der Waals surface area contributed by atoms with Crippen molar-refractivity contribution in [3.05, 3.63) is 62.4 Å². The second-order valence-corrected chi connectivity index (χ2v) is 5.18. The molecule has 0 saturated heterocycles. The Kier molecular flexibility index (Phi) is 4.87. The molecule has 0 saturated carbocycles. The van der Waals surface area contributed by atoms with Gasteiger partial charge >= 0.3 is 5.69 Å². The molecule has 0 bridgehead atoms. The average molecular weight is 355 g/mol. The Morgan fingerprint density at radius 1 is 1.29 bits per heavy atom. The molecule has 0 amide bonds. The lowest BCUT2D eigenvalue weighted by atomic mass is 10.2. The Bertz CT molecular complexity index is 679. The fourth-order valence-corrected chi connectivity index (χ4v) is 2.13. The predicted molar refractivity (Wildman–Crippen MR) is 80.0 cm³/mol. The van der Waals surface area contributed by atoms with Crippen LogP contribution in [0.1, 0.15) is 5.56 Å². The van der Waals surface area contributed by atoms with E-state index in [1.807, 2.05) is 0 Å². The Morgan fingerprint density at radius 2 is 2.00 bits per heavy atom. The maximum absolute atomic E-state index is 13.9. The van der Waals surface area contributed by atoms with Crippen molar-refractivity contribution < 1.29 is 14.1 Å². The number of halogens is 2. The monoisotopic (exact) mass is 354 g/mol. The standard InChI is InChI=1S/C14H12BrFN2O3/c1-17-8-9-2-4-13(11(16)6-9)21-14-5-3-10(15)7-12(14)18(19)20/h2-7,17H,8H2,1H3. The number of benzene rings is 2. The molecular formula is C14H12BrFN2O3. The van der Waals surface area contributed by atoms with Crippen LogP contribution in [0.5, 0.6) is 11.5 Å². The number of rotatable bonds is 5. The summed E-state index contributed by atoms with van der Waals surface area (Å²) in [5, 5.41) is 13.9. The van der Waals surface area contributed by atoms with Crippen LogP contribution in [0.15, 0.2) is 40.9 Å². The first kappa shape index (κ1) is 15.4. The molecule has 0 atom stereocenters. The quantitative estimate of drug-likeness (QED) is 0.650. The van der Waals surface area contributed by atoms with Gasteiger partial charge in [0.15, 0.2) is 11.6 Å². The fraction of sp³-hybridized carbons (Fsp3) is 0.143. The van der Waals surface area contributed by atoms with Gasteiger partial charge in [-0.15, -0.1) is 0 Å². The molecule has 0 spiro atoms. The first-order chi connectivity index (χ1) is 10.0. The highest BCUT2D eigenvalue weighted by Gasteiger charge is 2.17. The molecule has 2 aromatic carbocycles. The smallest absolute Gasteiger partial charge is 0.312 e. The molecule has 5 nitrogen and oxygen atoms in total. The second-order valence-electron chi connectivity index (χ2n) is 4.27. The van der Waals surface area contributed by atoms with Crippen molar-refractivity contribution in [2.24, 2.45) is 0 Å². The van der Waals surface area contributed by atoms with Crippen LogP contribution in [0.25, 0.3) is 0 Å². The van der Waals surface area contributed by atoms with Gasteiger partial charge in [-0.3, -0.25) is 10.1 Å². The molecule has 110 valence electrons. The van der Waals surface area contributed by atoms with E-state index in [4.69, 9.17) is 4.74 Å². The highest BCUT2D eigenvalue weighted by atomic mass is 79.9. The first-order valence-corrected chi connectivity index (χ1v) is 6.85. The van der Waals surface area contributed by atoms with Crippen LogP contribution in [-0.2, 0) is 6.54 Å². The largest absolute Gasteiger partial charge is 0.447 e. The molecule has 0 aliphatic rings. The van der Waals surface area contributed by atoms with Crippen LogP contribution < -0.4 is 10.1 Å². The topological polar surface area (TPSA) is 64.4 Å². The van der Waals surface area contributed by atoms with Crippen LogP contribution in [0.2, 0.25) is 0 Å². The highest BCUT2D eigenvalue weighted by Crippen LogP contribution is 2.34. The predicted octanol–water partition coefficient (Wildman–Crippen LogP) is 4.01. The highest BCUT2D eigenvalue weighted by molar-refractivity contribution is 9.10. The van der Waals surface area contributed by atoms with Crippen LogP contribution in [0.4, 0.5) is 10.1 Å². The third-order valence-electron chi connectivity index (χ3n) is 2.71. The summed E-state index contributed by atoms with van der Waals surface area (Å²) < 4.78 is 19.8. The maximum atomic E-state index is 13.9. The number of ether oxygens (including phenoxy) is 1. The Labute approximate surface area is 129 Å². The molecule has 21 heavy (non-hydrogen) atoms. The van der Waals surface area contributed by atoms with E-state index in [1.54, 1.807) is 19.2 Å². The lowest BCUT2D eigenvalue weighted by Gasteiger charge is -2.09. The van der Waals surface area contributed by atoms with Gasteiger partial charge in [-0.05, 0) is 36.9 Å². The van der Waals surface area contributed by atoms with Gasteiger partial charge in [-0.2, -0.15) is 0 Å². The van der Waals surface area contributed by atoms with E-state index >= 15 is 0 Å². The molecule has 2 aromatic rings. The SMILES string of the molecule is CNCc1ccc(Oc2ccc(Br)cc2[N+](=O)[O-])c(F)c1. The van der Waals surface area contributed by atoms with Gasteiger partial charge in [0.2, 0.25) is 5.75 Å². The van der Waals surface area contributed by atoms with E-state index in [2.05, 4.69) is 21.2 Å². The zero-order valence-electron chi connectivity index (χ0n) is 11.1. The summed E-state index contributed by atoms with van der Waals surface area (Å²) in [6.45, 7) is 0.523. The van der Waals surface area contributed by atoms with E-state index in [9.17, 15) is 14.5 Å². The summed E-state index contributed by atoms with van der Waals surface area (Å²) in [6.07, 6.45) is 0. The van der Waals surface area contributed by atoms with Gasteiger partial charge in [0.05, 0.1) is 4.92 Å². The van der Waals surface area contributed by atoms with Crippen molar-refractivity contribution in [1.82, 2.24) is 5.32 Å². The summed E-state index contributed by atoms with van der Waals surface area (Å²) in [5.41, 5.74) is 0.524. The number of nitrogens with one attached hydrogen (secondary N) is 1. The van der Waals surface area contributed by atoms with Crippen LogP contribution in [0.3, 0.4) is 0 Å². The van der Waals surface area contributed by atoms with E-state index < -0.39 is 10.7 Å². The van der Waals surface area contributed by atoms with Crippen LogP contribution in [0, 0.1) is 15.9 Å². The van der Waals surface area contributed by atoms with E-state index in [1.165, 1.54) is 24.3 Å². The lowest BCUT2D eigenvalue weighted by molar-refractivity contribution is -0.385. The summed E-state index contributed by atoms with van der Waals surface area (Å²) in [7, 11) is 1.76. The molecule has 2 rings (SSSR count). The molecule has 0 aromatic heterocycles. The van der Waals surface area contributed by atoms with Crippen molar-refractivity contribution in [3.8, 4) is 11.5 Å². The van der Waals surface area contributed by atoms with Crippen LogP contribution >= 0.6 is 15.9 Å². The molecule has 0 radical (unpaired) electrons. The molecular weight excluding hydrogens is 343 g/mol. The first-order valence-electron chi connectivity index (χ1n) is 6.06. The van der Waals surface area contributed by atoms with Crippen molar-refractivity contribution in [3.63, 3.8) is 0 Å². The Balaban J connectivity index is 2.32.